The molecule has 1 aliphatic heterocycles. The summed E-state index contributed by atoms with van der Waals surface area (Å²) in [5.74, 6) is -0.498. The summed E-state index contributed by atoms with van der Waals surface area (Å²) in [4.78, 5) is 10.7. The number of aliphatic hydroxyl groups is 1. The zero-order valence-electron chi connectivity index (χ0n) is 5.68. The van der Waals surface area contributed by atoms with Crippen LogP contribution in [0.25, 0.3) is 0 Å². The Labute approximate surface area is 58.6 Å². The van der Waals surface area contributed by atoms with Crippen LogP contribution in [0.2, 0.25) is 0 Å². The molecule has 0 saturated heterocycles. The third-order valence-electron chi connectivity index (χ3n) is 1.26. The van der Waals surface area contributed by atoms with E-state index in [1.54, 1.807) is 6.92 Å². The van der Waals surface area contributed by atoms with Crippen molar-refractivity contribution in [3.05, 3.63) is 23.5 Å². The van der Waals surface area contributed by atoms with Gasteiger partial charge in [-0.2, -0.15) is 0 Å². The highest BCUT2D eigenvalue weighted by atomic mass is 16.5. The second-order valence-electron chi connectivity index (χ2n) is 2.18. The van der Waals surface area contributed by atoms with Crippen LogP contribution in [0.3, 0.4) is 0 Å². The Morgan fingerprint density at radius 2 is 2.40 bits per heavy atom. The molecule has 0 unspecified atom stereocenters. The fraction of sp³-hybridized carbons (Fsp3) is 0.286. The topological polar surface area (TPSA) is 46.5 Å². The maximum atomic E-state index is 10.7. The molecule has 0 bridgehead atoms. The first-order valence-electron chi connectivity index (χ1n) is 2.88. The van der Waals surface area contributed by atoms with E-state index in [9.17, 15) is 4.79 Å². The monoisotopic (exact) mass is 140 g/mol. The number of carbonyl (C=O) groups excluding carboxylic acids is 1. The van der Waals surface area contributed by atoms with Crippen molar-refractivity contribution in [2.75, 3.05) is 6.61 Å². The van der Waals surface area contributed by atoms with E-state index in [0.717, 1.165) is 0 Å². The number of carbonyl (C=O) groups is 1. The smallest absolute Gasteiger partial charge is 0.342 e. The Hall–Kier alpha value is -1.25. The van der Waals surface area contributed by atoms with Crippen LogP contribution in [0.15, 0.2) is 23.5 Å². The lowest BCUT2D eigenvalue weighted by Gasteiger charge is -1.93. The van der Waals surface area contributed by atoms with Crippen LogP contribution in [-0.2, 0) is 9.53 Å². The third-order valence-corrected chi connectivity index (χ3v) is 1.26. The second kappa shape index (κ2) is 2.17. The summed E-state index contributed by atoms with van der Waals surface area (Å²) in [6, 6.07) is 0. The summed E-state index contributed by atoms with van der Waals surface area (Å²) in [6.45, 7) is 5.16. The van der Waals surface area contributed by atoms with Crippen LogP contribution in [0.1, 0.15) is 6.92 Å². The van der Waals surface area contributed by atoms with Crippen molar-refractivity contribution in [2.24, 2.45) is 0 Å². The van der Waals surface area contributed by atoms with Crippen molar-refractivity contribution >= 4 is 5.97 Å². The van der Waals surface area contributed by atoms with E-state index in [2.05, 4.69) is 11.3 Å². The Bertz CT molecular complexity index is 225. The molecule has 0 radical (unpaired) electrons. The van der Waals surface area contributed by atoms with Gasteiger partial charge in [0, 0.05) is 0 Å². The molecule has 0 aromatic heterocycles. The van der Waals surface area contributed by atoms with Crippen molar-refractivity contribution in [1.29, 1.82) is 0 Å². The molecule has 0 aromatic carbocycles. The first-order valence-corrected chi connectivity index (χ1v) is 2.88. The van der Waals surface area contributed by atoms with Crippen molar-refractivity contribution in [3.63, 3.8) is 0 Å². The van der Waals surface area contributed by atoms with Crippen LogP contribution < -0.4 is 0 Å². The fourth-order valence-electron chi connectivity index (χ4n) is 0.817. The Balaban J connectivity index is 2.99. The molecule has 0 atom stereocenters. The highest BCUT2D eigenvalue weighted by Crippen LogP contribution is 2.19. The molecule has 1 heterocycles. The van der Waals surface area contributed by atoms with Crippen LogP contribution in [0, 0.1) is 0 Å². The van der Waals surface area contributed by atoms with Gasteiger partial charge in [0.1, 0.15) is 17.9 Å². The molecule has 10 heavy (non-hydrogen) atoms. The summed E-state index contributed by atoms with van der Waals surface area (Å²) >= 11 is 0. The minimum absolute atomic E-state index is 0.0129. The molecule has 3 heteroatoms. The van der Waals surface area contributed by atoms with E-state index in [1.165, 1.54) is 0 Å². The Morgan fingerprint density at radius 3 is 2.60 bits per heavy atom. The van der Waals surface area contributed by atoms with Crippen LogP contribution in [-0.4, -0.2) is 17.7 Å². The van der Waals surface area contributed by atoms with Gasteiger partial charge in [-0.05, 0) is 12.5 Å². The molecular weight excluding hydrogens is 132 g/mol. The molecule has 0 spiro atoms. The number of cyclic esters (lactones) is 1. The number of rotatable bonds is 1. The van der Waals surface area contributed by atoms with E-state index in [4.69, 9.17) is 5.11 Å². The zero-order valence-corrected chi connectivity index (χ0v) is 5.68. The van der Waals surface area contributed by atoms with Gasteiger partial charge in [0.25, 0.3) is 0 Å². The van der Waals surface area contributed by atoms with E-state index in [-0.39, 0.29) is 17.9 Å². The summed E-state index contributed by atoms with van der Waals surface area (Å²) < 4.78 is 4.52. The van der Waals surface area contributed by atoms with Crippen LogP contribution in [0.5, 0.6) is 0 Å². The summed E-state index contributed by atoms with van der Waals surface area (Å²) in [6.07, 6.45) is 0. The van der Waals surface area contributed by atoms with Gasteiger partial charge in [0.15, 0.2) is 0 Å². The Kier molecular flexibility index (Phi) is 1.49. The van der Waals surface area contributed by atoms with Crippen molar-refractivity contribution in [2.45, 2.75) is 6.92 Å². The number of hydrogen-bond acceptors (Lipinski definition) is 3. The Morgan fingerprint density at radius 1 is 1.80 bits per heavy atom. The maximum Gasteiger partial charge on any atom is 0.342 e. The third kappa shape index (κ3) is 0.900. The fourth-order valence-corrected chi connectivity index (χ4v) is 0.817. The average molecular weight is 140 g/mol. The molecule has 1 rings (SSSR count). The molecular formula is C7H8O3. The van der Waals surface area contributed by atoms with Gasteiger partial charge in [-0.3, -0.25) is 0 Å². The van der Waals surface area contributed by atoms with E-state index in [0.29, 0.717) is 5.57 Å². The highest BCUT2D eigenvalue weighted by Gasteiger charge is 2.24. The molecule has 0 aromatic rings. The molecule has 0 fully saturated rings. The maximum absolute atomic E-state index is 10.7. The first kappa shape index (κ1) is 6.86. The lowest BCUT2D eigenvalue weighted by atomic mass is 10.1. The van der Waals surface area contributed by atoms with Gasteiger partial charge in [-0.25, -0.2) is 4.79 Å². The van der Waals surface area contributed by atoms with Crippen molar-refractivity contribution < 1.29 is 14.6 Å². The predicted octanol–water partition coefficient (Wildman–Crippen LogP) is 0.931. The second-order valence-corrected chi connectivity index (χ2v) is 2.18. The first-order chi connectivity index (χ1) is 4.63. The van der Waals surface area contributed by atoms with E-state index in [1.807, 2.05) is 0 Å². The zero-order chi connectivity index (χ0) is 7.72. The van der Waals surface area contributed by atoms with Crippen molar-refractivity contribution in [1.82, 2.24) is 0 Å². The van der Waals surface area contributed by atoms with Crippen LogP contribution >= 0.6 is 0 Å². The number of aliphatic hydroxyl groups excluding tert-OH is 1. The van der Waals surface area contributed by atoms with Gasteiger partial charge in [0.2, 0.25) is 0 Å². The molecule has 3 nitrogen and oxygen atoms in total. The molecule has 0 amide bonds. The van der Waals surface area contributed by atoms with Crippen molar-refractivity contribution in [3.8, 4) is 0 Å². The summed E-state index contributed by atoms with van der Waals surface area (Å²) in [5, 5.41) is 9.00. The summed E-state index contributed by atoms with van der Waals surface area (Å²) in [5.41, 5.74) is 0.764. The number of ether oxygens (including phenoxy) is 1. The number of hydrogen-bond donors (Lipinski definition) is 1. The largest absolute Gasteiger partial charge is 0.508 e. The SMILES string of the molecule is C=C(C)C1=C(O)COC1=O. The molecule has 54 valence electrons. The van der Waals surface area contributed by atoms with Gasteiger partial charge in [0.05, 0.1) is 0 Å². The normalized spacial score (nSPS) is 17.5. The van der Waals surface area contributed by atoms with Gasteiger partial charge in [-0.1, -0.05) is 6.58 Å². The van der Waals surface area contributed by atoms with E-state index < -0.39 is 5.97 Å². The predicted molar refractivity (Wildman–Crippen MR) is 35.4 cm³/mol. The lowest BCUT2D eigenvalue weighted by molar-refractivity contribution is -0.135. The average Bonchev–Trinajstić information content (AvgIpc) is 2.11. The minimum atomic E-state index is -0.481. The quantitative estimate of drug-likeness (QED) is 0.551. The number of esters is 1. The minimum Gasteiger partial charge on any atom is -0.508 e. The molecule has 1 N–H and O–H groups in total. The molecule has 0 saturated carbocycles. The van der Waals surface area contributed by atoms with Gasteiger partial charge >= 0.3 is 5.97 Å². The lowest BCUT2D eigenvalue weighted by Crippen LogP contribution is -1.99. The molecule has 0 aliphatic carbocycles. The van der Waals surface area contributed by atoms with Crippen LogP contribution in [0.4, 0.5) is 0 Å². The summed E-state index contributed by atoms with van der Waals surface area (Å²) in [7, 11) is 0. The van der Waals surface area contributed by atoms with Gasteiger partial charge < -0.3 is 9.84 Å². The van der Waals surface area contributed by atoms with E-state index >= 15 is 0 Å². The molecule has 1 aliphatic rings. The highest BCUT2D eigenvalue weighted by molar-refractivity contribution is 5.95. The van der Waals surface area contributed by atoms with Gasteiger partial charge in [-0.15, -0.1) is 0 Å². The standard InChI is InChI=1S/C7H8O3/c1-4(2)6-5(8)3-10-7(6)9/h8H,1,3H2,2H3.